The van der Waals surface area contributed by atoms with Crippen LogP contribution in [0, 0.1) is 6.92 Å². The van der Waals surface area contributed by atoms with Gasteiger partial charge < -0.3 is 0 Å². The van der Waals surface area contributed by atoms with Crippen molar-refractivity contribution in [3.8, 4) is 0 Å². The number of hydrogen-bond donors (Lipinski definition) is 0. The first-order chi connectivity index (χ1) is 11.0. The lowest BCUT2D eigenvalue weighted by Gasteiger charge is -2.12. The molecule has 3 rings (SSSR count). The standard InChI is InChI=1S/C18H14ClNO2S/c1-12-2-4-14(5-3-12)11-20-17(21)16(23-18(20)22)10-13-6-8-15(19)9-7-13/h2-10H,11H2,1H3. The van der Waals surface area contributed by atoms with Gasteiger partial charge in [-0.1, -0.05) is 53.6 Å². The number of amides is 2. The lowest BCUT2D eigenvalue weighted by molar-refractivity contribution is -0.123. The molecule has 0 radical (unpaired) electrons. The molecule has 1 heterocycles. The molecule has 2 amide bonds. The summed E-state index contributed by atoms with van der Waals surface area (Å²) in [6.07, 6.45) is 1.72. The number of halogens is 1. The Bertz CT molecular complexity index is 782. The molecular weight excluding hydrogens is 330 g/mol. The molecule has 116 valence electrons. The van der Waals surface area contributed by atoms with Gasteiger partial charge in [-0.25, -0.2) is 0 Å². The van der Waals surface area contributed by atoms with E-state index < -0.39 is 0 Å². The number of nitrogens with zero attached hydrogens (tertiary/aromatic N) is 1. The van der Waals surface area contributed by atoms with E-state index in [1.807, 2.05) is 43.3 Å². The molecule has 1 fully saturated rings. The number of benzene rings is 2. The van der Waals surface area contributed by atoms with E-state index in [2.05, 4.69) is 0 Å². The average Bonchev–Trinajstić information content (AvgIpc) is 2.79. The quantitative estimate of drug-likeness (QED) is 0.745. The van der Waals surface area contributed by atoms with E-state index in [0.29, 0.717) is 16.5 Å². The van der Waals surface area contributed by atoms with Crippen molar-refractivity contribution in [2.45, 2.75) is 13.5 Å². The molecule has 0 aromatic heterocycles. The SMILES string of the molecule is Cc1ccc(CN2C(=O)SC(=Cc3ccc(Cl)cc3)C2=O)cc1. The first kappa shape index (κ1) is 15.8. The minimum Gasteiger partial charge on any atom is -0.268 e. The maximum Gasteiger partial charge on any atom is 0.293 e. The lowest BCUT2D eigenvalue weighted by Crippen LogP contribution is -2.27. The third-order valence-corrected chi connectivity index (χ3v) is 4.66. The van der Waals surface area contributed by atoms with Crippen molar-refractivity contribution in [3.63, 3.8) is 0 Å². The van der Waals surface area contributed by atoms with E-state index in [-0.39, 0.29) is 11.1 Å². The van der Waals surface area contributed by atoms with E-state index in [1.165, 1.54) is 4.90 Å². The van der Waals surface area contributed by atoms with Crippen molar-refractivity contribution in [3.05, 3.63) is 75.1 Å². The van der Waals surface area contributed by atoms with Gasteiger partial charge in [-0.3, -0.25) is 14.5 Å². The summed E-state index contributed by atoms with van der Waals surface area (Å²) in [5.41, 5.74) is 2.92. The van der Waals surface area contributed by atoms with Crippen molar-refractivity contribution in [2.24, 2.45) is 0 Å². The van der Waals surface area contributed by atoms with Crippen LogP contribution in [0.15, 0.2) is 53.4 Å². The Morgan fingerprint density at radius 1 is 1.04 bits per heavy atom. The van der Waals surface area contributed by atoms with Crippen LogP contribution in [0.25, 0.3) is 6.08 Å². The van der Waals surface area contributed by atoms with Gasteiger partial charge in [0.15, 0.2) is 0 Å². The highest BCUT2D eigenvalue weighted by Crippen LogP contribution is 2.33. The van der Waals surface area contributed by atoms with Gasteiger partial charge in [0, 0.05) is 5.02 Å². The van der Waals surface area contributed by atoms with Crippen LogP contribution < -0.4 is 0 Å². The van der Waals surface area contributed by atoms with Crippen LogP contribution in [0.1, 0.15) is 16.7 Å². The monoisotopic (exact) mass is 343 g/mol. The number of hydrogen-bond acceptors (Lipinski definition) is 3. The topological polar surface area (TPSA) is 37.4 Å². The van der Waals surface area contributed by atoms with Crippen molar-refractivity contribution in [2.75, 3.05) is 0 Å². The van der Waals surface area contributed by atoms with Gasteiger partial charge >= 0.3 is 0 Å². The van der Waals surface area contributed by atoms with Gasteiger partial charge in [0.25, 0.3) is 11.1 Å². The molecule has 0 bridgehead atoms. The summed E-state index contributed by atoms with van der Waals surface area (Å²) in [7, 11) is 0. The summed E-state index contributed by atoms with van der Waals surface area (Å²) < 4.78 is 0. The number of aryl methyl sites for hydroxylation is 1. The molecule has 2 aromatic carbocycles. The molecule has 0 spiro atoms. The fraction of sp³-hybridized carbons (Fsp3) is 0.111. The van der Waals surface area contributed by atoms with Crippen molar-refractivity contribution < 1.29 is 9.59 Å². The number of thioether (sulfide) groups is 1. The summed E-state index contributed by atoms with van der Waals surface area (Å²) >= 11 is 6.82. The van der Waals surface area contributed by atoms with Crippen molar-refractivity contribution in [1.29, 1.82) is 0 Å². The summed E-state index contributed by atoms with van der Waals surface area (Å²) in [5, 5.41) is 0.394. The summed E-state index contributed by atoms with van der Waals surface area (Å²) in [6, 6.07) is 14.9. The lowest BCUT2D eigenvalue weighted by atomic mass is 10.1. The van der Waals surface area contributed by atoms with Gasteiger partial charge in [-0.15, -0.1) is 0 Å². The van der Waals surface area contributed by atoms with E-state index in [4.69, 9.17) is 11.6 Å². The largest absolute Gasteiger partial charge is 0.293 e. The Labute approximate surface area is 143 Å². The van der Waals surface area contributed by atoms with Gasteiger partial charge in [0.1, 0.15) is 0 Å². The fourth-order valence-corrected chi connectivity index (χ4v) is 3.19. The Morgan fingerprint density at radius 3 is 2.35 bits per heavy atom. The predicted octanol–water partition coefficient (Wildman–Crippen LogP) is 4.88. The zero-order valence-corrected chi connectivity index (χ0v) is 14.0. The molecule has 0 unspecified atom stereocenters. The minimum atomic E-state index is -0.254. The van der Waals surface area contributed by atoms with Crippen LogP contribution in [0.3, 0.4) is 0 Å². The van der Waals surface area contributed by atoms with E-state index in [9.17, 15) is 9.59 Å². The highest BCUT2D eigenvalue weighted by molar-refractivity contribution is 8.18. The van der Waals surface area contributed by atoms with Crippen LogP contribution in [-0.2, 0) is 11.3 Å². The molecule has 1 aliphatic heterocycles. The minimum absolute atomic E-state index is 0.240. The van der Waals surface area contributed by atoms with Crippen molar-refractivity contribution in [1.82, 2.24) is 4.90 Å². The summed E-state index contributed by atoms with van der Waals surface area (Å²) in [4.78, 5) is 26.3. The molecular formula is C18H14ClNO2S. The molecule has 5 heteroatoms. The number of rotatable bonds is 3. The number of imide groups is 1. The smallest absolute Gasteiger partial charge is 0.268 e. The predicted molar refractivity (Wildman–Crippen MR) is 94.1 cm³/mol. The molecule has 0 atom stereocenters. The maximum atomic E-state index is 12.4. The third-order valence-electron chi connectivity index (χ3n) is 3.50. The molecule has 1 saturated heterocycles. The summed E-state index contributed by atoms with van der Waals surface area (Å²) in [6.45, 7) is 2.29. The zero-order valence-electron chi connectivity index (χ0n) is 12.5. The van der Waals surface area contributed by atoms with Crippen LogP contribution in [0.5, 0.6) is 0 Å². The van der Waals surface area contributed by atoms with Gasteiger partial charge in [0.05, 0.1) is 11.4 Å². The Morgan fingerprint density at radius 2 is 1.70 bits per heavy atom. The zero-order chi connectivity index (χ0) is 16.4. The van der Waals surface area contributed by atoms with E-state index >= 15 is 0 Å². The number of carbonyl (C=O) groups is 2. The molecule has 3 nitrogen and oxygen atoms in total. The summed E-state index contributed by atoms with van der Waals surface area (Å²) in [5.74, 6) is -0.254. The maximum absolute atomic E-state index is 12.4. The third kappa shape index (κ3) is 3.66. The van der Waals surface area contributed by atoms with Crippen LogP contribution in [0.2, 0.25) is 5.02 Å². The Kier molecular flexibility index (Phi) is 4.55. The Balaban J connectivity index is 1.79. The second-order valence-electron chi connectivity index (χ2n) is 5.31. The number of carbonyl (C=O) groups excluding carboxylic acids is 2. The van der Waals surface area contributed by atoms with Crippen molar-refractivity contribution >= 4 is 40.6 Å². The highest BCUT2D eigenvalue weighted by atomic mass is 35.5. The van der Waals surface area contributed by atoms with E-state index in [0.717, 1.165) is 28.5 Å². The second kappa shape index (κ2) is 6.60. The molecule has 23 heavy (non-hydrogen) atoms. The molecule has 0 saturated carbocycles. The van der Waals surface area contributed by atoms with Gasteiger partial charge in [-0.2, -0.15) is 0 Å². The molecule has 0 N–H and O–H groups in total. The van der Waals surface area contributed by atoms with Gasteiger partial charge in [-0.05, 0) is 48.0 Å². The van der Waals surface area contributed by atoms with Crippen LogP contribution in [-0.4, -0.2) is 16.0 Å². The highest BCUT2D eigenvalue weighted by Gasteiger charge is 2.34. The first-order valence-corrected chi connectivity index (χ1v) is 8.29. The van der Waals surface area contributed by atoms with E-state index in [1.54, 1.807) is 18.2 Å². The van der Waals surface area contributed by atoms with Crippen LogP contribution >= 0.6 is 23.4 Å². The average molecular weight is 344 g/mol. The van der Waals surface area contributed by atoms with Crippen LogP contribution in [0.4, 0.5) is 4.79 Å². The molecule has 0 aliphatic carbocycles. The molecule has 1 aliphatic rings. The fourth-order valence-electron chi connectivity index (χ4n) is 2.22. The normalized spacial score (nSPS) is 16.4. The van der Waals surface area contributed by atoms with Gasteiger partial charge in [0.2, 0.25) is 0 Å². The Hall–Kier alpha value is -2.04. The molecule has 2 aromatic rings. The second-order valence-corrected chi connectivity index (χ2v) is 6.73. The first-order valence-electron chi connectivity index (χ1n) is 7.09.